The smallest absolute Gasteiger partial charge is 0.256 e. The van der Waals surface area contributed by atoms with Gasteiger partial charge in [-0.2, -0.15) is 0 Å². The van der Waals surface area contributed by atoms with Crippen molar-refractivity contribution in [1.82, 2.24) is 10.3 Å². The average Bonchev–Trinajstić information content (AvgIpc) is 3.26. The molecule has 0 aliphatic carbocycles. The van der Waals surface area contributed by atoms with Crippen LogP contribution in [0.4, 0.5) is 10.1 Å². The molecule has 170 valence electrons. The Morgan fingerprint density at radius 1 is 1.34 bits per heavy atom. The summed E-state index contributed by atoms with van der Waals surface area (Å²) in [5, 5.41) is 15.9. The molecule has 0 unspecified atom stereocenters. The molecule has 3 heterocycles. The van der Waals surface area contributed by atoms with Gasteiger partial charge in [-0.1, -0.05) is 0 Å². The third-order valence-electron chi connectivity index (χ3n) is 6.05. The van der Waals surface area contributed by atoms with Gasteiger partial charge in [-0.3, -0.25) is 9.59 Å². The first-order valence-electron chi connectivity index (χ1n) is 10.6. The lowest BCUT2D eigenvalue weighted by molar-refractivity contribution is -0.919. The van der Waals surface area contributed by atoms with Crippen LogP contribution in [-0.4, -0.2) is 78.9 Å². The average molecular weight is 443 g/mol. The number of rotatable bonds is 6. The van der Waals surface area contributed by atoms with E-state index in [1.807, 2.05) is 0 Å². The molecule has 0 spiro atoms. The van der Waals surface area contributed by atoms with Crippen molar-refractivity contribution < 1.29 is 28.3 Å². The Balaban J connectivity index is 1.42. The maximum Gasteiger partial charge on any atom is 0.256 e. The molecule has 2 aliphatic rings. The van der Waals surface area contributed by atoms with Crippen LogP contribution in [0.5, 0.6) is 0 Å². The lowest BCUT2D eigenvalue weighted by Crippen LogP contribution is -2.56. The number of nitrogens with zero attached hydrogens (tertiary/aromatic N) is 1. The predicted molar refractivity (Wildman–Crippen MR) is 118 cm³/mol. The molecule has 2 aromatic rings. The van der Waals surface area contributed by atoms with Crippen molar-refractivity contribution in [2.75, 3.05) is 51.8 Å². The molecular formula is C23H28FN4O4+. The highest BCUT2D eigenvalue weighted by atomic mass is 19.1. The summed E-state index contributed by atoms with van der Waals surface area (Å²) in [6.45, 7) is 5.45. The van der Waals surface area contributed by atoms with Crippen LogP contribution in [0.25, 0.3) is 11.6 Å². The van der Waals surface area contributed by atoms with Gasteiger partial charge in [0.25, 0.3) is 11.8 Å². The van der Waals surface area contributed by atoms with Crippen molar-refractivity contribution in [2.24, 2.45) is 0 Å². The van der Waals surface area contributed by atoms with Crippen LogP contribution in [0.3, 0.4) is 0 Å². The Hall–Kier alpha value is -3.01. The summed E-state index contributed by atoms with van der Waals surface area (Å²) in [7, 11) is 2.08. The third kappa shape index (κ3) is 4.74. The standard InChI is InChI=1S/C23H27FN4O4/c1-14-18(22(30)25-12-17(29)13-28(2)5-7-32-8-6-28)10-16(26-14)11-20-19-9-15(24)3-4-21(19)27-23(20)31/h3-4,9-11,17,29H,5-8,12-13H2,1-2H3,(H2-,25,26,27,30,31)/p+1/t17-/m0/s1. The molecule has 2 aliphatic heterocycles. The van der Waals surface area contributed by atoms with Crippen molar-refractivity contribution in [3.63, 3.8) is 0 Å². The van der Waals surface area contributed by atoms with E-state index in [9.17, 15) is 19.1 Å². The normalized spacial score (nSPS) is 19.5. The summed E-state index contributed by atoms with van der Waals surface area (Å²) in [4.78, 5) is 28.1. The molecule has 1 atom stereocenters. The monoisotopic (exact) mass is 443 g/mol. The molecule has 0 saturated carbocycles. The number of H-pyrrole nitrogens is 1. The van der Waals surface area contributed by atoms with Crippen LogP contribution in [0.15, 0.2) is 24.3 Å². The number of anilines is 1. The highest BCUT2D eigenvalue weighted by molar-refractivity contribution is 6.34. The zero-order chi connectivity index (χ0) is 22.9. The van der Waals surface area contributed by atoms with E-state index in [2.05, 4.69) is 22.7 Å². The number of hydrogen-bond donors (Lipinski definition) is 4. The molecular weight excluding hydrogens is 415 g/mol. The van der Waals surface area contributed by atoms with E-state index >= 15 is 0 Å². The summed E-state index contributed by atoms with van der Waals surface area (Å²) >= 11 is 0. The van der Waals surface area contributed by atoms with E-state index in [0.717, 1.165) is 13.1 Å². The minimum atomic E-state index is -0.670. The fourth-order valence-electron chi connectivity index (χ4n) is 4.20. The lowest BCUT2D eigenvalue weighted by Gasteiger charge is -2.38. The van der Waals surface area contributed by atoms with Crippen molar-refractivity contribution in [3.05, 3.63) is 52.6 Å². The molecule has 4 rings (SSSR count). The number of morpholine rings is 1. The van der Waals surface area contributed by atoms with Crippen LogP contribution in [-0.2, 0) is 9.53 Å². The maximum atomic E-state index is 13.6. The number of aromatic amines is 1. The van der Waals surface area contributed by atoms with E-state index in [-0.39, 0.29) is 18.4 Å². The summed E-state index contributed by atoms with van der Waals surface area (Å²) < 4.78 is 19.7. The number of amides is 2. The van der Waals surface area contributed by atoms with Gasteiger partial charge >= 0.3 is 0 Å². The van der Waals surface area contributed by atoms with Gasteiger partial charge in [-0.15, -0.1) is 0 Å². The van der Waals surface area contributed by atoms with Gasteiger partial charge in [-0.25, -0.2) is 4.39 Å². The molecule has 1 aromatic carbocycles. The number of carbonyl (C=O) groups is 2. The molecule has 1 saturated heterocycles. The second-order valence-electron chi connectivity index (χ2n) is 8.69. The Bertz CT molecular complexity index is 1070. The van der Waals surface area contributed by atoms with Gasteiger partial charge in [0, 0.05) is 29.2 Å². The zero-order valence-electron chi connectivity index (χ0n) is 18.2. The molecule has 0 radical (unpaired) electrons. The van der Waals surface area contributed by atoms with Crippen LogP contribution >= 0.6 is 0 Å². The quantitative estimate of drug-likeness (QED) is 0.402. The topological polar surface area (TPSA) is 103 Å². The number of carbonyl (C=O) groups excluding carboxylic acids is 2. The molecule has 32 heavy (non-hydrogen) atoms. The summed E-state index contributed by atoms with van der Waals surface area (Å²) in [6.07, 6.45) is 0.930. The van der Waals surface area contributed by atoms with E-state index in [1.165, 1.54) is 18.2 Å². The minimum absolute atomic E-state index is 0.142. The van der Waals surface area contributed by atoms with Crippen LogP contribution in [0.2, 0.25) is 0 Å². The largest absolute Gasteiger partial charge is 0.385 e. The molecule has 1 aromatic heterocycles. The fraction of sp³-hybridized carbons (Fsp3) is 0.391. The Morgan fingerprint density at radius 2 is 2.09 bits per heavy atom. The summed E-state index contributed by atoms with van der Waals surface area (Å²) in [6, 6.07) is 5.76. The fourth-order valence-corrected chi connectivity index (χ4v) is 4.20. The van der Waals surface area contributed by atoms with Crippen molar-refractivity contribution in [1.29, 1.82) is 0 Å². The highest BCUT2D eigenvalue weighted by Crippen LogP contribution is 2.33. The Morgan fingerprint density at radius 3 is 2.84 bits per heavy atom. The number of aliphatic hydroxyl groups is 1. The van der Waals surface area contributed by atoms with Crippen molar-refractivity contribution >= 4 is 29.2 Å². The number of aryl methyl sites for hydroxylation is 1. The van der Waals surface area contributed by atoms with Crippen LogP contribution in [0, 0.1) is 12.7 Å². The van der Waals surface area contributed by atoms with Crippen LogP contribution < -0.4 is 10.6 Å². The molecule has 9 heteroatoms. The number of quaternary nitrogens is 1. The number of aromatic nitrogens is 1. The number of ether oxygens (including phenoxy) is 1. The van der Waals surface area contributed by atoms with Gasteiger partial charge in [0.2, 0.25) is 0 Å². The zero-order valence-corrected chi connectivity index (χ0v) is 18.2. The molecule has 4 N–H and O–H groups in total. The highest BCUT2D eigenvalue weighted by Gasteiger charge is 2.29. The molecule has 2 amide bonds. The second kappa shape index (κ2) is 8.85. The third-order valence-corrected chi connectivity index (χ3v) is 6.05. The first-order chi connectivity index (χ1) is 15.2. The van der Waals surface area contributed by atoms with Crippen molar-refractivity contribution in [3.8, 4) is 0 Å². The van der Waals surface area contributed by atoms with E-state index in [0.29, 0.717) is 58.0 Å². The number of nitrogens with one attached hydrogen (secondary N) is 3. The SMILES string of the molecule is Cc1[nH]c(/C=C2\C(=O)Nc3ccc(F)cc32)cc1C(=O)NC[C@H](O)C[N+]1(C)CCOCC1. The first kappa shape index (κ1) is 22.2. The van der Waals surface area contributed by atoms with E-state index in [4.69, 9.17) is 4.74 Å². The lowest BCUT2D eigenvalue weighted by atomic mass is 10.1. The van der Waals surface area contributed by atoms with Gasteiger partial charge in [0.1, 0.15) is 31.6 Å². The van der Waals surface area contributed by atoms with E-state index in [1.54, 1.807) is 19.1 Å². The number of halogens is 1. The number of hydrogen-bond acceptors (Lipinski definition) is 4. The van der Waals surface area contributed by atoms with Crippen LogP contribution in [0.1, 0.15) is 27.3 Å². The number of likely N-dealkylation sites (N-methyl/N-ethyl adjacent to an activating group) is 1. The minimum Gasteiger partial charge on any atom is -0.385 e. The first-order valence-corrected chi connectivity index (χ1v) is 10.6. The number of fused-ring (bicyclic) bond motifs is 1. The predicted octanol–water partition coefficient (Wildman–Crippen LogP) is 1.52. The second-order valence-corrected chi connectivity index (χ2v) is 8.69. The van der Waals surface area contributed by atoms with Crippen molar-refractivity contribution in [2.45, 2.75) is 13.0 Å². The summed E-state index contributed by atoms with van der Waals surface area (Å²) in [5.74, 6) is -1.07. The number of aliphatic hydroxyl groups excluding tert-OH is 1. The Kier molecular flexibility index (Phi) is 6.14. The van der Waals surface area contributed by atoms with Gasteiger partial charge in [0.05, 0.1) is 31.4 Å². The van der Waals surface area contributed by atoms with E-state index < -0.39 is 11.9 Å². The van der Waals surface area contributed by atoms with Gasteiger partial charge < -0.3 is 29.9 Å². The summed E-state index contributed by atoms with van der Waals surface area (Å²) in [5.41, 5.74) is 2.97. The number of benzene rings is 1. The van der Waals surface area contributed by atoms with Gasteiger partial charge in [0.15, 0.2) is 0 Å². The molecule has 0 bridgehead atoms. The Labute approximate surface area is 185 Å². The maximum absolute atomic E-state index is 13.6. The van der Waals surface area contributed by atoms with Gasteiger partial charge in [-0.05, 0) is 37.3 Å². The molecule has 8 nitrogen and oxygen atoms in total. The molecule has 1 fully saturated rings.